The number of nitrogens with one attached hydrogen (secondary N) is 2. The van der Waals surface area contributed by atoms with Crippen molar-refractivity contribution in [2.45, 2.75) is 49.2 Å². The van der Waals surface area contributed by atoms with Gasteiger partial charge in [-0.1, -0.05) is 48.5 Å². The number of halogens is 2. The number of carbonyl (C=O) groups is 2. The highest BCUT2D eigenvalue weighted by atomic mass is 35.5. The molecule has 1 aliphatic rings. The monoisotopic (exact) mass is 533 g/mol. The zero-order valence-corrected chi connectivity index (χ0v) is 21.8. The molecule has 1 unspecified atom stereocenters. The minimum atomic E-state index is -0.351. The number of rotatable bonds is 7. The number of amides is 2. The maximum Gasteiger partial charge on any atom is 0.239 e. The summed E-state index contributed by atoms with van der Waals surface area (Å²) in [5.41, 5.74) is 2.21. The highest BCUT2D eigenvalue weighted by Gasteiger charge is 2.21. The molecule has 178 valence electrons. The largest absolute Gasteiger partial charge is 0.326 e. The van der Waals surface area contributed by atoms with Crippen LogP contribution < -0.4 is 10.6 Å². The molecule has 0 aliphatic heterocycles. The molecule has 4 rings (SSSR count). The Kier molecular flexibility index (Phi) is 8.53. The van der Waals surface area contributed by atoms with Crippen molar-refractivity contribution in [3.05, 3.63) is 57.9 Å². The summed E-state index contributed by atoms with van der Waals surface area (Å²) in [6, 6.07) is 12.9. The summed E-state index contributed by atoms with van der Waals surface area (Å²) in [6.07, 6.45) is 5.37. The second-order valence-electron chi connectivity index (χ2n) is 8.26. The van der Waals surface area contributed by atoms with Crippen molar-refractivity contribution in [1.29, 1.82) is 0 Å². The van der Waals surface area contributed by atoms with Crippen LogP contribution in [0.5, 0.6) is 0 Å². The minimum absolute atomic E-state index is 0.0907. The fourth-order valence-electron chi connectivity index (χ4n) is 3.87. The maximum absolute atomic E-state index is 12.8. The fourth-order valence-corrected chi connectivity index (χ4v) is 6.02. The van der Waals surface area contributed by atoms with Gasteiger partial charge >= 0.3 is 0 Å². The zero-order chi connectivity index (χ0) is 24.1. The molecule has 0 spiro atoms. The number of hydrogen-bond acceptors (Lipinski definition) is 5. The van der Waals surface area contributed by atoms with Crippen molar-refractivity contribution >= 4 is 68.9 Å². The summed E-state index contributed by atoms with van der Waals surface area (Å²) in [7, 11) is 0. The van der Waals surface area contributed by atoms with Crippen LogP contribution in [0.3, 0.4) is 0 Å². The first-order valence-corrected chi connectivity index (χ1v) is 13.7. The molecule has 2 amide bonds. The Morgan fingerprint density at radius 1 is 1.09 bits per heavy atom. The second kappa shape index (κ2) is 11.6. The molecule has 9 heteroatoms. The van der Waals surface area contributed by atoms with E-state index in [9.17, 15) is 9.59 Å². The SMILES string of the molecule is CC(Sc1cccc(NC(=O)C2CCCCC2)c1)C(=O)Nc1nc(-c2ccc(Cl)cc2Cl)cs1. The van der Waals surface area contributed by atoms with Crippen molar-refractivity contribution < 1.29 is 9.59 Å². The number of carbonyl (C=O) groups excluding carboxylic acids is 2. The van der Waals surface area contributed by atoms with Crippen molar-refractivity contribution in [2.75, 3.05) is 10.6 Å². The molecule has 34 heavy (non-hydrogen) atoms. The highest BCUT2D eigenvalue weighted by molar-refractivity contribution is 8.00. The first-order valence-electron chi connectivity index (χ1n) is 11.2. The van der Waals surface area contributed by atoms with Crippen LogP contribution in [0.4, 0.5) is 10.8 Å². The van der Waals surface area contributed by atoms with Crippen LogP contribution in [0.1, 0.15) is 39.0 Å². The van der Waals surface area contributed by atoms with E-state index in [1.807, 2.05) is 42.6 Å². The second-order valence-corrected chi connectivity index (χ2v) is 11.4. The van der Waals surface area contributed by atoms with Crippen molar-refractivity contribution in [2.24, 2.45) is 5.92 Å². The fraction of sp³-hybridized carbons (Fsp3) is 0.320. The lowest BCUT2D eigenvalue weighted by molar-refractivity contribution is -0.120. The van der Waals surface area contributed by atoms with E-state index in [1.165, 1.54) is 29.5 Å². The van der Waals surface area contributed by atoms with E-state index in [2.05, 4.69) is 15.6 Å². The van der Waals surface area contributed by atoms with Gasteiger partial charge in [0, 0.05) is 32.5 Å². The lowest BCUT2D eigenvalue weighted by atomic mass is 9.88. The van der Waals surface area contributed by atoms with Crippen LogP contribution in [0.2, 0.25) is 10.0 Å². The summed E-state index contributed by atoms with van der Waals surface area (Å²) >= 11 is 15.0. The maximum atomic E-state index is 12.8. The minimum Gasteiger partial charge on any atom is -0.326 e. The van der Waals surface area contributed by atoms with Gasteiger partial charge in [0.15, 0.2) is 5.13 Å². The molecule has 2 N–H and O–H groups in total. The highest BCUT2D eigenvalue weighted by Crippen LogP contribution is 2.33. The Bertz CT molecular complexity index is 1180. The van der Waals surface area contributed by atoms with E-state index >= 15 is 0 Å². The topological polar surface area (TPSA) is 71.1 Å². The Morgan fingerprint density at radius 2 is 1.88 bits per heavy atom. The summed E-state index contributed by atoms with van der Waals surface area (Å²) in [4.78, 5) is 30.7. The average Bonchev–Trinajstić information content (AvgIpc) is 3.28. The van der Waals surface area contributed by atoms with Crippen LogP contribution in [0.15, 0.2) is 52.7 Å². The van der Waals surface area contributed by atoms with Gasteiger partial charge in [0.2, 0.25) is 11.8 Å². The molecule has 0 radical (unpaired) electrons. The van der Waals surface area contributed by atoms with E-state index in [4.69, 9.17) is 23.2 Å². The molecular formula is C25H25Cl2N3O2S2. The van der Waals surface area contributed by atoms with Crippen LogP contribution in [0.25, 0.3) is 11.3 Å². The Hall–Kier alpha value is -2.06. The normalized spacial score (nSPS) is 15.0. The number of anilines is 2. The van der Waals surface area contributed by atoms with Gasteiger partial charge < -0.3 is 10.6 Å². The van der Waals surface area contributed by atoms with E-state index in [0.29, 0.717) is 20.9 Å². The quantitative estimate of drug-likeness (QED) is 0.304. The molecular weight excluding hydrogens is 509 g/mol. The van der Waals surface area contributed by atoms with Crippen molar-refractivity contribution in [1.82, 2.24) is 4.98 Å². The van der Waals surface area contributed by atoms with Crippen LogP contribution in [0, 0.1) is 5.92 Å². The van der Waals surface area contributed by atoms with E-state index in [1.54, 1.807) is 12.1 Å². The van der Waals surface area contributed by atoms with Crippen molar-refractivity contribution in [3.63, 3.8) is 0 Å². The van der Waals surface area contributed by atoms with Crippen LogP contribution in [-0.4, -0.2) is 22.0 Å². The van der Waals surface area contributed by atoms with E-state index in [-0.39, 0.29) is 23.0 Å². The number of thiazole rings is 1. The number of nitrogens with zero attached hydrogens (tertiary/aromatic N) is 1. The van der Waals surface area contributed by atoms with Gasteiger partial charge in [-0.15, -0.1) is 23.1 Å². The molecule has 1 fully saturated rings. The molecule has 1 aromatic heterocycles. The Labute approximate surface area is 217 Å². The third-order valence-electron chi connectivity index (χ3n) is 5.70. The summed E-state index contributed by atoms with van der Waals surface area (Å²) in [5, 5.41) is 8.99. The predicted octanol–water partition coefficient (Wildman–Crippen LogP) is 7.76. The van der Waals surface area contributed by atoms with Gasteiger partial charge in [0.25, 0.3) is 0 Å². The molecule has 1 aliphatic carbocycles. The first-order chi connectivity index (χ1) is 16.4. The molecule has 1 saturated carbocycles. The molecule has 0 bridgehead atoms. The molecule has 0 saturated heterocycles. The lowest BCUT2D eigenvalue weighted by Gasteiger charge is -2.21. The zero-order valence-electron chi connectivity index (χ0n) is 18.6. The van der Waals surface area contributed by atoms with Gasteiger partial charge in [0.1, 0.15) is 0 Å². The Balaban J connectivity index is 1.34. The lowest BCUT2D eigenvalue weighted by Crippen LogP contribution is -2.24. The van der Waals surface area contributed by atoms with Crippen LogP contribution in [-0.2, 0) is 9.59 Å². The first kappa shape index (κ1) is 25.0. The predicted molar refractivity (Wildman–Crippen MR) is 143 cm³/mol. The van der Waals surface area contributed by atoms with E-state index < -0.39 is 0 Å². The third-order valence-corrected chi connectivity index (χ3v) is 8.10. The summed E-state index contributed by atoms with van der Waals surface area (Å²) in [5.74, 6) is 0.0402. The van der Waals surface area contributed by atoms with Crippen LogP contribution >= 0.6 is 46.3 Å². The number of hydrogen-bond donors (Lipinski definition) is 2. The van der Waals surface area contributed by atoms with Gasteiger partial charge in [0.05, 0.1) is 16.0 Å². The number of aromatic nitrogens is 1. The van der Waals surface area contributed by atoms with Gasteiger partial charge in [-0.05, 0) is 56.2 Å². The van der Waals surface area contributed by atoms with Gasteiger partial charge in [-0.25, -0.2) is 4.98 Å². The molecule has 3 aromatic rings. The molecule has 1 atom stereocenters. The average molecular weight is 535 g/mol. The van der Waals surface area contributed by atoms with Gasteiger partial charge in [-0.3, -0.25) is 9.59 Å². The number of thioether (sulfide) groups is 1. The third kappa shape index (κ3) is 6.54. The van der Waals surface area contributed by atoms with Crippen molar-refractivity contribution in [3.8, 4) is 11.3 Å². The van der Waals surface area contributed by atoms with E-state index in [0.717, 1.165) is 41.8 Å². The molecule has 5 nitrogen and oxygen atoms in total. The van der Waals surface area contributed by atoms with Gasteiger partial charge in [-0.2, -0.15) is 0 Å². The summed E-state index contributed by atoms with van der Waals surface area (Å²) < 4.78 is 0. The summed E-state index contributed by atoms with van der Waals surface area (Å²) in [6.45, 7) is 1.85. The standard InChI is InChI=1S/C25H25Cl2N3O2S2/c1-15(23(31)30-25-29-22(14-33-25)20-11-10-17(26)12-21(20)27)34-19-9-5-8-18(13-19)28-24(32)16-6-3-2-4-7-16/h5,8-16H,2-4,6-7H2,1H3,(H,28,32)(H,29,30,31). The Morgan fingerprint density at radius 3 is 2.65 bits per heavy atom. The smallest absolute Gasteiger partial charge is 0.239 e. The molecule has 2 aromatic carbocycles. The molecule has 1 heterocycles. The number of benzene rings is 2.